The standard InChI is InChI=1S/C14H16BF2IO2/c1-13(2)14(3,4)20-15(19-13)12(17)8-9-10(16)6-5-7-11(9)18/h5-8H,1-4H3. The van der Waals surface area contributed by atoms with Gasteiger partial charge in [0.05, 0.1) is 11.2 Å². The van der Waals surface area contributed by atoms with E-state index in [2.05, 4.69) is 0 Å². The van der Waals surface area contributed by atoms with Crippen LogP contribution in [-0.2, 0) is 9.31 Å². The maximum Gasteiger partial charge on any atom is 0.525 e. The first-order valence-electron chi connectivity index (χ1n) is 6.31. The van der Waals surface area contributed by atoms with Gasteiger partial charge in [0.25, 0.3) is 0 Å². The summed E-state index contributed by atoms with van der Waals surface area (Å²) in [5.41, 5.74) is -1.66. The Kier molecular flexibility index (Phi) is 4.28. The van der Waals surface area contributed by atoms with Gasteiger partial charge >= 0.3 is 7.12 Å². The summed E-state index contributed by atoms with van der Waals surface area (Å²) in [7, 11) is -1.10. The summed E-state index contributed by atoms with van der Waals surface area (Å²) in [4.78, 5) is 0. The zero-order chi connectivity index (χ0) is 15.1. The summed E-state index contributed by atoms with van der Waals surface area (Å²) in [5, 5.41) is 0. The van der Waals surface area contributed by atoms with Crippen LogP contribution in [0.5, 0.6) is 0 Å². The Morgan fingerprint density at radius 2 is 1.75 bits per heavy atom. The lowest BCUT2D eigenvalue weighted by atomic mass is 9.87. The van der Waals surface area contributed by atoms with Crippen LogP contribution in [0.2, 0.25) is 0 Å². The number of halogens is 3. The quantitative estimate of drug-likeness (QED) is 0.550. The fourth-order valence-electron chi connectivity index (χ4n) is 1.81. The average Bonchev–Trinajstić information content (AvgIpc) is 2.53. The molecule has 6 heteroatoms. The molecule has 2 rings (SSSR count). The van der Waals surface area contributed by atoms with Gasteiger partial charge in [0, 0.05) is 9.13 Å². The molecule has 0 amide bonds. The van der Waals surface area contributed by atoms with Crippen LogP contribution in [0.15, 0.2) is 23.9 Å². The van der Waals surface area contributed by atoms with Crippen molar-refractivity contribution in [1.82, 2.24) is 0 Å². The Balaban J connectivity index is 2.29. The lowest BCUT2D eigenvalue weighted by molar-refractivity contribution is 0.00578. The van der Waals surface area contributed by atoms with E-state index in [1.165, 1.54) is 6.07 Å². The van der Waals surface area contributed by atoms with Gasteiger partial charge in [-0.05, 0) is 68.5 Å². The van der Waals surface area contributed by atoms with Crippen LogP contribution < -0.4 is 0 Å². The van der Waals surface area contributed by atoms with Gasteiger partial charge in [0.1, 0.15) is 11.5 Å². The van der Waals surface area contributed by atoms with Crippen LogP contribution in [-0.4, -0.2) is 18.3 Å². The first-order valence-corrected chi connectivity index (χ1v) is 7.39. The van der Waals surface area contributed by atoms with E-state index in [9.17, 15) is 8.78 Å². The van der Waals surface area contributed by atoms with Crippen LogP contribution in [0.4, 0.5) is 8.78 Å². The van der Waals surface area contributed by atoms with E-state index < -0.39 is 29.9 Å². The molecule has 0 bridgehead atoms. The van der Waals surface area contributed by atoms with E-state index in [1.54, 1.807) is 12.1 Å². The highest BCUT2D eigenvalue weighted by Gasteiger charge is 2.53. The average molecular weight is 392 g/mol. The van der Waals surface area contributed by atoms with E-state index in [0.29, 0.717) is 3.57 Å². The second-order valence-electron chi connectivity index (χ2n) is 5.75. The molecule has 1 aliphatic heterocycles. The number of hydrogen-bond acceptors (Lipinski definition) is 2. The predicted molar refractivity (Wildman–Crippen MR) is 84.3 cm³/mol. The Morgan fingerprint density at radius 3 is 2.25 bits per heavy atom. The molecule has 20 heavy (non-hydrogen) atoms. The van der Waals surface area contributed by atoms with Crippen molar-refractivity contribution in [2.75, 3.05) is 0 Å². The van der Waals surface area contributed by atoms with Crippen molar-refractivity contribution in [3.63, 3.8) is 0 Å². The third-order valence-electron chi connectivity index (χ3n) is 3.76. The molecule has 1 fully saturated rings. The van der Waals surface area contributed by atoms with Crippen LogP contribution in [0.1, 0.15) is 33.3 Å². The molecule has 108 valence electrons. The number of benzene rings is 1. The maximum atomic E-state index is 14.3. The minimum Gasteiger partial charge on any atom is -0.398 e. The van der Waals surface area contributed by atoms with Crippen molar-refractivity contribution >= 4 is 35.8 Å². The molecule has 0 unspecified atom stereocenters. The molecule has 2 nitrogen and oxygen atoms in total. The van der Waals surface area contributed by atoms with Crippen molar-refractivity contribution in [3.05, 3.63) is 38.9 Å². The van der Waals surface area contributed by atoms with E-state index in [-0.39, 0.29) is 5.56 Å². The zero-order valence-electron chi connectivity index (χ0n) is 11.8. The topological polar surface area (TPSA) is 18.5 Å². The van der Waals surface area contributed by atoms with Crippen molar-refractivity contribution < 1.29 is 18.1 Å². The minimum absolute atomic E-state index is 0.209. The summed E-state index contributed by atoms with van der Waals surface area (Å²) in [5.74, 6) is -0.469. The van der Waals surface area contributed by atoms with Crippen LogP contribution in [0.3, 0.4) is 0 Å². The van der Waals surface area contributed by atoms with Crippen LogP contribution in [0, 0.1) is 9.39 Å². The number of hydrogen-bond donors (Lipinski definition) is 0. The van der Waals surface area contributed by atoms with E-state index in [1.807, 2.05) is 50.3 Å². The normalized spacial score (nSPS) is 21.4. The summed E-state index contributed by atoms with van der Waals surface area (Å²) in [6, 6.07) is 4.60. The van der Waals surface area contributed by atoms with Gasteiger partial charge in [-0.1, -0.05) is 6.07 Å². The molecular formula is C14H16BF2IO2. The van der Waals surface area contributed by atoms with Crippen molar-refractivity contribution in [3.8, 4) is 0 Å². The van der Waals surface area contributed by atoms with Crippen LogP contribution >= 0.6 is 22.6 Å². The third kappa shape index (κ3) is 2.92. The molecule has 0 aliphatic carbocycles. The summed E-state index contributed by atoms with van der Waals surface area (Å²) < 4.78 is 39.8. The smallest absolute Gasteiger partial charge is 0.398 e. The Bertz CT molecular complexity index is 522. The highest BCUT2D eigenvalue weighted by molar-refractivity contribution is 14.1. The van der Waals surface area contributed by atoms with Crippen molar-refractivity contribution in [1.29, 1.82) is 0 Å². The Hall–Kier alpha value is -0.465. The molecule has 0 spiro atoms. The predicted octanol–water partition coefficient (Wildman–Crippen LogP) is 4.37. The molecule has 0 radical (unpaired) electrons. The molecule has 0 saturated carbocycles. The van der Waals surface area contributed by atoms with E-state index in [0.717, 1.165) is 6.08 Å². The van der Waals surface area contributed by atoms with Gasteiger partial charge in [-0.3, -0.25) is 0 Å². The zero-order valence-corrected chi connectivity index (χ0v) is 14.0. The van der Waals surface area contributed by atoms with Crippen molar-refractivity contribution in [2.24, 2.45) is 0 Å². The van der Waals surface area contributed by atoms with Gasteiger partial charge in [-0.25, -0.2) is 8.78 Å². The summed E-state index contributed by atoms with van der Waals surface area (Å²) in [6.07, 6.45) is 1.14. The van der Waals surface area contributed by atoms with Gasteiger partial charge in [0.15, 0.2) is 0 Å². The molecule has 1 heterocycles. The molecule has 1 aliphatic rings. The van der Waals surface area contributed by atoms with Crippen LogP contribution in [0.25, 0.3) is 6.08 Å². The molecule has 0 atom stereocenters. The lowest BCUT2D eigenvalue weighted by Gasteiger charge is -2.32. The molecule has 0 aromatic heterocycles. The number of rotatable bonds is 2. The fraction of sp³-hybridized carbons (Fsp3) is 0.429. The highest BCUT2D eigenvalue weighted by Crippen LogP contribution is 2.39. The Labute approximate surface area is 131 Å². The summed E-state index contributed by atoms with van der Waals surface area (Å²) >= 11 is 1.96. The first-order chi connectivity index (χ1) is 9.14. The van der Waals surface area contributed by atoms with Gasteiger partial charge in [-0.2, -0.15) is 0 Å². The molecule has 0 N–H and O–H groups in total. The van der Waals surface area contributed by atoms with E-state index >= 15 is 0 Å². The van der Waals surface area contributed by atoms with Gasteiger partial charge in [-0.15, -0.1) is 0 Å². The monoisotopic (exact) mass is 392 g/mol. The SMILES string of the molecule is CC1(C)OB(C(F)=Cc2c(F)cccc2I)OC1(C)C. The van der Waals surface area contributed by atoms with E-state index in [4.69, 9.17) is 9.31 Å². The second kappa shape index (κ2) is 5.38. The fourth-order valence-corrected chi connectivity index (χ4v) is 2.43. The highest BCUT2D eigenvalue weighted by atomic mass is 127. The first kappa shape index (κ1) is 15.9. The summed E-state index contributed by atoms with van der Waals surface area (Å²) in [6.45, 7) is 7.36. The molecule has 1 aromatic carbocycles. The molecule has 1 saturated heterocycles. The minimum atomic E-state index is -1.10. The molecular weight excluding hydrogens is 376 g/mol. The maximum absolute atomic E-state index is 14.3. The Morgan fingerprint density at radius 1 is 1.20 bits per heavy atom. The van der Waals surface area contributed by atoms with Gasteiger partial charge in [0.2, 0.25) is 0 Å². The molecule has 1 aromatic rings. The largest absolute Gasteiger partial charge is 0.525 e. The van der Waals surface area contributed by atoms with Gasteiger partial charge < -0.3 is 9.31 Å². The third-order valence-corrected chi connectivity index (χ3v) is 4.70. The second-order valence-corrected chi connectivity index (χ2v) is 6.91. The van der Waals surface area contributed by atoms with Crippen molar-refractivity contribution in [2.45, 2.75) is 38.9 Å². The lowest BCUT2D eigenvalue weighted by Crippen LogP contribution is -2.41.